The second kappa shape index (κ2) is 9.97. The first-order valence-corrected chi connectivity index (χ1v) is 11.3. The van der Waals surface area contributed by atoms with Crippen molar-refractivity contribution in [3.05, 3.63) is 54.0 Å². The molecule has 0 spiro atoms. The van der Waals surface area contributed by atoms with Crippen molar-refractivity contribution < 1.29 is 18.8 Å². The number of halogens is 1. The third-order valence-corrected chi connectivity index (χ3v) is 6.33. The van der Waals surface area contributed by atoms with Gasteiger partial charge in [0.1, 0.15) is 11.6 Å². The highest BCUT2D eigenvalue weighted by molar-refractivity contribution is 5.96. The van der Waals surface area contributed by atoms with E-state index >= 15 is 0 Å². The molecule has 0 saturated carbocycles. The fraction of sp³-hybridized carbons (Fsp3) is 0.417. The molecule has 9 heteroatoms. The number of primary amides is 1. The molecule has 1 aromatic heterocycles. The fourth-order valence-corrected chi connectivity index (χ4v) is 4.46. The molecular weight excluding hydrogens is 425 g/mol. The lowest BCUT2D eigenvalue weighted by Gasteiger charge is -2.32. The predicted molar refractivity (Wildman–Crippen MR) is 122 cm³/mol. The van der Waals surface area contributed by atoms with E-state index in [1.54, 1.807) is 17.2 Å². The Bertz CT molecular complexity index is 1010. The summed E-state index contributed by atoms with van der Waals surface area (Å²) in [5, 5.41) is 2.89. The van der Waals surface area contributed by atoms with Crippen molar-refractivity contribution in [1.29, 1.82) is 0 Å². The van der Waals surface area contributed by atoms with Gasteiger partial charge in [0.25, 0.3) is 5.91 Å². The number of nitrogens with zero attached hydrogens (tertiary/aromatic N) is 3. The van der Waals surface area contributed by atoms with Gasteiger partial charge in [-0.1, -0.05) is 0 Å². The number of carbonyl (C=O) groups is 3. The molecule has 0 bridgehead atoms. The number of amides is 3. The standard InChI is InChI=1S/C24H28FN5O3/c25-19-7-5-16(6-8-19)24(33)30-12-2-4-18(15-30)23(32)28-20-9-10-21(27-13-20)29-11-1-3-17(14-29)22(26)31/h5-10,13,17-18H,1-4,11-12,14-15H2,(H2,26,31)(H,28,32). The van der Waals surface area contributed by atoms with Crippen molar-refractivity contribution >= 4 is 29.2 Å². The van der Waals surface area contributed by atoms with Crippen LogP contribution in [0.2, 0.25) is 0 Å². The third kappa shape index (κ3) is 5.47. The first-order valence-electron chi connectivity index (χ1n) is 11.3. The summed E-state index contributed by atoms with van der Waals surface area (Å²) in [4.78, 5) is 45.2. The van der Waals surface area contributed by atoms with Crippen LogP contribution in [0.1, 0.15) is 36.0 Å². The highest BCUT2D eigenvalue weighted by atomic mass is 19.1. The van der Waals surface area contributed by atoms with Crippen molar-refractivity contribution in [2.24, 2.45) is 17.6 Å². The Labute approximate surface area is 192 Å². The van der Waals surface area contributed by atoms with Gasteiger partial charge >= 0.3 is 0 Å². The largest absolute Gasteiger partial charge is 0.369 e. The van der Waals surface area contributed by atoms with E-state index < -0.39 is 5.82 Å². The van der Waals surface area contributed by atoms with Crippen molar-refractivity contribution in [2.75, 3.05) is 36.4 Å². The van der Waals surface area contributed by atoms with E-state index in [-0.39, 0.29) is 29.6 Å². The van der Waals surface area contributed by atoms with E-state index in [1.165, 1.54) is 24.3 Å². The van der Waals surface area contributed by atoms with Crippen molar-refractivity contribution in [3.63, 3.8) is 0 Å². The average Bonchev–Trinajstić information content (AvgIpc) is 2.84. The van der Waals surface area contributed by atoms with Crippen LogP contribution in [-0.4, -0.2) is 53.8 Å². The van der Waals surface area contributed by atoms with E-state index in [0.717, 1.165) is 31.6 Å². The van der Waals surface area contributed by atoms with Crippen LogP contribution in [0, 0.1) is 17.7 Å². The number of pyridine rings is 1. The Kier molecular flexibility index (Phi) is 6.86. The van der Waals surface area contributed by atoms with Crippen molar-refractivity contribution in [2.45, 2.75) is 25.7 Å². The van der Waals surface area contributed by atoms with Crippen LogP contribution >= 0.6 is 0 Å². The van der Waals surface area contributed by atoms with Crippen LogP contribution in [0.4, 0.5) is 15.9 Å². The number of aromatic nitrogens is 1. The normalized spacial score (nSPS) is 20.9. The third-order valence-electron chi connectivity index (χ3n) is 6.33. The predicted octanol–water partition coefficient (Wildman–Crippen LogP) is 2.41. The van der Waals surface area contributed by atoms with Crippen LogP contribution in [0.5, 0.6) is 0 Å². The molecule has 33 heavy (non-hydrogen) atoms. The molecule has 2 aliphatic rings. The monoisotopic (exact) mass is 453 g/mol. The Morgan fingerprint density at radius 1 is 0.970 bits per heavy atom. The minimum Gasteiger partial charge on any atom is -0.369 e. The average molecular weight is 454 g/mol. The van der Waals surface area contributed by atoms with Gasteiger partial charge in [-0.05, 0) is 62.1 Å². The van der Waals surface area contributed by atoms with E-state index in [0.29, 0.717) is 37.3 Å². The zero-order chi connectivity index (χ0) is 23.4. The van der Waals surface area contributed by atoms with Gasteiger partial charge in [0.15, 0.2) is 0 Å². The van der Waals surface area contributed by atoms with Gasteiger partial charge in [-0.15, -0.1) is 0 Å². The van der Waals surface area contributed by atoms with Gasteiger partial charge in [0.2, 0.25) is 11.8 Å². The second-order valence-electron chi connectivity index (χ2n) is 8.68. The number of rotatable bonds is 5. The van der Waals surface area contributed by atoms with Crippen LogP contribution in [-0.2, 0) is 9.59 Å². The van der Waals surface area contributed by atoms with Crippen LogP contribution in [0.25, 0.3) is 0 Å². The lowest BCUT2D eigenvalue weighted by molar-refractivity contribution is -0.122. The summed E-state index contributed by atoms with van der Waals surface area (Å²) in [6, 6.07) is 9.06. The Balaban J connectivity index is 1.34. The molecule has 2 aliphatic heterocycles. The second-order valence-corrected chi connectivity index (χ2v) is 8.68. The first-order chi connectivity index (χ1) is 15.9. The number of piperidine rings is 2. The maximum atomic E-state index is 13.1. The topological polar surface area (TPSA) is 109 Å². The summed E-state index contributed by atoms with van der Waals surface area (Å²) in [5.74, 6) is -0.805. The van der Waals surface area contributed by atoms with Crippen molar-refractivity contribution in [1.82, 2.24) is 9.88 Å². The maximum absolute atomic E-state index is 13.1. The lowest BCUT2D eigenvalue weighted by Crippen LogP contribution is -2.43. The van der Waals surface area contributed by atoms with Gasteiger partial charge in [0.05, 0.1) is 23.7 Å². The Morgan fingerprint density at radius 3 is 2.39 bits per heavy atom. The van der Waals surface area contributed by atoms with Gasteiger partial charge in [-0.3, -0.25) is 14.4 Å². The summed E-state index contributed by atoms with van der Waals surface area (Å²) < 4.78 is 13.1. The molecule has 2 unspecified atom stereocenters. The SMILES string of the molecule is NC(=O)C1CCCN(c2ccc(NC(=O)C3CCCN(C(=O)c4ccc(F)cc4)C3)cn2)C1. The number of likely N-dealkylation sites (tertiary alicyclic amines) is 1. The van der Waals surface area contributed by atoms with Crippen LogP contribution < -0.4 is 16.0 Å². The molecule has 3 N–H and O–H groups in total. The zero-order valence-electron chi connectivity index (χ0n) is 18.4. The molecule has 4 rings (SSSR count). The summed E-state index contributed by atoms with van der Waals surface area (Å²) in [6.07, 6.45) is 4.68. The molecule has 0 aliphatic carbocycles. The van der Waals surface area contributed by atoms with E-state index in [9.17, 15) is 18.8 Å². The van der Waals surface area contributed by atoms with Gasteiger partial charge in [0, 0.05) is 31.7 Å². The molecule has 8 nitrogen and oxygen atoms in total. The minimum atomic E-state index is -0.393. The molecule has 2 saturated heterocycles. The Hall–Kier alpha value is -3.49. The van der Waals surface area contributed by atoms with E-state index in [1.807, 2.05) is 11.0 Å². The fourth-order valence-electron chi connectivity index (χ4n) is 4.46. The molecule has 3 heterocycles. The summed E-state index contributed by atoms with van der Waals surface area (Å²) >= 11 is 0. The highest BCUT2D eigenvalue weighted by Gasteiger charge is 2.29. The first kappa shape index (κ1) is 22.7. The summed E-state index contributed by atoms with van der Waals surface area (Å²) in [7, 11) is 0. The van der Waals surface area contributed by atoms with E-state index in [4.69, 9.17) is 5.73 Å². The summed E-state index contributed by atoms with van der Waals surface area (Å²) in [6.45, 7) is 2.24. The molecule has 0 radical (unpaired) electrons. The number of benzene rings is 1. The summed E-state index contributed by atoms with van der Waals surface area (Å²) in [5.41, 5.74) is 6.44. The molecule has 174 valence electrons. The van der Waals surface area contributed by atoms with E-state index in [2.05, 4.69) is 10.3 Å². The quantitative estimate of drug-likeness (QED) is 0.723. The highest BCUT2D eigenvalue weighted by Crippen LogP contribution is 2.24. The number of hydrogen-bond acceptors (Lipinski definition) is 5. The molecule has 3 amide bonds. The lowest BCUT2D eigenvalue weighted by atomic mass is 9.96. The molecule has 2 atom stereocenters. The van der Waals surface area contributed by atoms with Crippen LogP contribution in [0.3, 0.4) is 0 Å². The molecule has 2 aromatic rings. The van der Waals surface area contributed by atoms with Crippen molar-refractivity contribution in [3.8, 4) is 0 Å². The number of nitrogens with one attached hydrogen (secondary N) is 1. The number of nitrogens with two attached hydrogens (primary N) is 1. The molecule has 2 fully saturated rings. The van der Waals surface area contributed by atoms with Gasteiger partial charge < -0.3 is 20.9 Å². The van der Waals surface area contributed by atoms with Crippen LogP contribution in [0.15, 0.2) is 42.6 Å². The van der Waals surface area contributed by atoms with Gasteiger partial charge in [-0.2, -0.15) is 0 Å². The minimum absolute atomic E-state index is 0.159. The number of hydrogen-bond donors (Lipinski definition) is 2. The molecule has 1 aromatic carbocycles. The zero-order valence-corrected chi connectivity index (χ0v) is 18.4. The molecular formula is C24H28FN5O3. The smallest absolute Gasteiger partial charge is 0.253 e. The Morgan fingerprint density at radius 2 is 1.70 bits per heavy atom. The number of anilines is 2. The maximum Gasteiger partial charge on any atom is 0.253 e. The number of carbonyl (C=O) groups excluding carboxylic acids is 3. The van der Waals surface area contributed by atoms with Gasteiger partial charge in [-0.25, -0.2) is 9.37 Å².